The molecule has 2 aliphatic rings. The van der Waals surface area contributed by atoms with Crippen molar-refractivity contribution >= 4 is 17.3 Å². The third kappa shape index (κ3) is 4.21. The van der Waals surface area contributed by atoms with Gasteiger partial charge in [-0.1, -0.05) is 60.2 Å². The minimum atomic E-state index is -0.150. The Morgan fingerprint density at radius 1 is 0.844 bits per heavy atom. The summed E-state index contributed by atoms with van der Waals surface area (Å²) in [6.45, 7) is 8.10. The highest BCUT2D eigenvalue weighted by Crippen LogP contribution is 2.33. The number of benzene rings is 3. The van der Waals surface area contributed by atoms with Crippen LogP contribution in [0.2, 0.25) is 0 Å². The second kappa shape index (κ2) is 9.05. The molecular weight excluding hydrogens is 396 g/mol. The van der Waals surface area contributed by atoms with Crippen LogP contribution >= 0.6 is 0 Å². The van der Waals surface area contributed by atoms with Crippen LogP contribution in [0.5, 0.6) is 0 Å². The van der Waals surface area contributed by atoms with Crippen LogP contribution in [-0.4, -0.2) is 50.1 Å². The third-order valence-electron chi connectivity index (χ3n) is 6.55. The van der Waals surface area contributed by atoms with Crippen LogP contribution in [-0.2, 0) is 0 Å². The van der Waals surface area contributed by atoms with Crippen LogP contribution in [0.1, 0.15) is 27.7 Å². The molecular formula is C27H30N4O. The molecule has 1 N–H and O–H groups in total. The van der Waals surface area contributed by atoms with Gasteiger partial charge in [-0.2, -0.15) is 0 Å². The Morgan fingerprint density at radius 3 is 2.38 bits per heavy atom. The van der Waals surface area contributed by atoms with Gasteiger partial charge < -0.3 is 15.1 Å². The molecule has 1 atom stereocenters. The number of hydrogen-bond acceptors (Lipinski definition) is 4. The number of nitrogens with zero attached hydrogens (tertiary/aromatic N) is 3. The lowest BCUT2D eigenvalue weighted by molar-refractivity contribution is 0.0925. The first-order chi connectivity index (χ1) is 15.7. The van der Waals surface area contributed by atoms with Gasteiger partial charge in [-0.15, -0.1) is 0 Å². The van der Waals surface area contributed by atoms with Crippen molar-refractivity contribution in [3.05, 3.63) is 95.6 Å². The third-order valence-corrected chi connectivity index (χ3v) is 6.55. The highest BCUT2D eigenvalue weighted by molar-refractivity contribution is 6.02. The largest absolute Gasteiger partial charge is 0.369 e. The standard InChI is InChI=1S/C27H30N4O/c1-21-8-7-9-22(20-21)26-28-27(32)24-12-5-6-13-25(24)31(26)19-16-29-14-17-30(18-15-29)23-10-3-2-4-11-23/h2-13,20,26H,14-19H2,1H3,(H,28,32). The van der Waals surface area contributed by atoms with Crippen LogP contribution in [0, 0.1) is 6.92 Å². The second-order valence-corrected chi connectivity index (χ2v) is 8.66. The summed E-state index contributed by atoms with van der Waals surface area (Å²) in [5.74, 6) is -0.000156. The molecule has 3 aromatic carbocycles. The molecule has 0 radical (unpaired) electrons. The Hall–Kier alpha value is -3.31. The zero-order valence-electron chi connectivity index (χ0n) is 18.6. The van der Waals surface area contributed by atoms with Gasteiger partial charge in [0.2, 0.25) is 0 Å². The molecule has 1 saturated heterocycles. The van der Waals surface area contributed by atoms with E-state index < -0.39 is 0 Å². The average Bonchev–Trinajstić information content (AvgIpc) is 2.84. The van der Waals surface area contributed by atoms with E-state index in [0.717, 1.165) is 56.1 Å². The lowest BCUT2D eigenvalue weighted by Crippen LogP contribution is -2.52. The van der Waals surface area contributed by atoms with Crippen LogP contribution in [0.15, 0.2) is 78.9 Å². The summed E-state index contributed by atoms with van der Waals surface area (Å²) in [4.78, 5) is 20.2. The van der Waals surface area contributed by atoms with Crippen molar-refractivity contribution in [2.24, 2.45) is 0 Å². The minimum Gasteiger partial charge on any atom is -0.369 e. The number of fused-ring (bicyclic) bond motifs is 1. The summed E-state index contributed by atoms with van der Waals surface area (Å²) in [7, 11) is 0. The van der Waals surface area contributed by atoms with Crippen molar-refractivity contribution in [2.75, 3.05) is 49.1 Å². The van der Waals surface area contributed by atoms with Gasteiger partial charge in [0.1, 0.15) is 6.17 Å². The molecule has 164 valence electrons. The maximum atomic E-state index is 12.8. The van der Waals surface area contributed by atoms with E-state index in [2.05, 4.69) is 87.6 Å². The van der Waals surface area contributed by atoms with E-state index in [1.165, 1.54) is 11.3 Å². The molecule has 0 aliphatic carbocycles. The normalized spacial score (nSPS) is 18.9. The number of anilines is 2. The first-order valence-corrected chi connectivity index (χ1v) is 11.4. The molecule has 1 unspecified atom stereocenters. The number of para-hydroxylation sites is 2. The topological polar surface area (TPSA) is 38.8 Å². The zero-order chi connectivity index (χ0) is 21.9. The summed E-state index contributed by atoms with van der Waals surface area (Å²) in [5.41, 5.74) is 5.41. The van der Waals surface area contributed by atoms with E-state index in [0.29, 0.717) is 0 Å². The number of hydrogen-bond donors (Lipinski definition) is 1. The predicted molar refractivity (Wildman–Crippen MR) is 130 cm³/mol. The van der Waals surface area contributed by atoms with Crippen molar-refractivity contribution in [3.63, 3.8) is 0 Å². The Balaban J connectivity index is 1.31. The molecule has 5 nitrogen and oxygen atoms in total. The van der Waals surface area contributed by atoms with Gasteiger partial charge in [0.15, 0.2) is 0 Å². The Kier molecular flexibility index (Phi) is 5.82. The number of nitrogens with one attached hydrogen (secondary N) is 1. The maximum absolute atomic E-state index is 12.8. The number of amides is 1. The SMILES string of the molecule is Cc1cccc(C2NC(=O)c3ccccc3N2CCN2CCN(c3ccccc3)CC2)c1. The van der Waals surface area contributed by atoms with Crippen molar-refractivity contribution < 1.29 is 4.79 Å². The van der Waals surface area contributed by atoms with E-state index in [1.807, 2.05) is 18.2 Å². The zero-order valence-corrected chi connectivity index (χ0v) is 18.6. The fraction of sp³-hybridized carbons (Fsp3) is 0.296. The van der Waals surface area contributed by atoms with Gasteiger partial charge in [-0.05, 0) is 36.8 Å². The summed E-state index contributed by atoms with van der Waals surface area (Å²) < 4.78 is 0. The smallest absolute Gasteiger partial charge is 0.255 e. The van der Waals surface area contributed by atoms with E-state index in [9.17, 15) is 4.79 Å². The van der Waals surface area contributed by atoms with E-state index in [-0.39, 0.29) is 12.1 Å². The van der Waals surface area contributed by atoms with Crippen LogP contribution in [0.4, 0.5) is 11.4 Å². The van der Waals surface area contributed by atoms with Crippen LogP contribution < -0.4 is 15.1 Å². The molecule has 5 heteroatoms. The summed E-state index contributed by atoms with van der Waals surface area (Å²) in [6, 6.07) is 27.1. The number of carbonyl (C=O) groups excluding carboxylic acids is 1. The first-order valence-electron chi connectivity index (χ1n) is 11.4. The van der Waals surface area contributed by atoms with E-state index >= 15 is 0 Å². The quantitative estimate of drug-likeness (QED) is 0.668. The van der Waals surface area contributed by atoms with Gasteiger partial charge in [-0.3, -0.25) is 9.69 Å². The highest BCUT2D eigenvalue weighted by Gasteiger charge is 2.32. The molecule has 0 bridgehead atoms. The van der Waals surface area contributed by atoms with Gasteiger partial charge >= 0.3 is 0 Å². The molecule has 0 saturated carbocycles. The molecule has 1 amide bonds. The molecule has 5 rings (SSSR count). The van der Waals surface area contributed by atoms with E-state index in [1.54, 1.807) is 0 Å². The minimum absolute atomic E-state index is 0.000156. The van der Waals surface area contributed by atoms with Crippen LogP contribution in [0.25, 0.3) is 0 Å². The lowest BCUT2D eigenvalue weighted by Gasteiger charge is -2.42. The lowest BCUT2D eigenvalue weighted by atomic mass is 10.0. The van der Waals surface area contributed by atoms with Crippen molar-refractivity contribution in [3.8, 4) is 0 Å². The van der Waals surface area contributed by atoms with Gasteiger partial charge in [0.25, 0.3) is 5.91 Å². The van der Waals surface area contributed by atoms with Crippen molar-refractivity contribution in [1.82, 2.24) is 10.2 Å². The average molecular weight is 427 g/mol. The molecule has 3 aromatic rings. The fourth-order valence-electron chi connectivity index (χ4n) is 4.81. The summed E-state index contributed by atoms with van der Waals surface area (Å²) >= 11 is 0. The predicted octanol–water partition coefficient (Wildman–Crippen LogP) is 4.07. The van der Waals surface area contributed by atoms with Crippen molar-refractivity contribution in [1.29, 1.82) is 0 Å². The molecule has 2 aliphatic heterocycles. The molecule has 0 spiro atoms. The monoisotopic (exact) mass is 426 g/mol. The van der Waals surface area contributed by atoms with Crippen LogP contribution in [0.3, 0.4) is 0 Å². The number of aryl methyl sites for hydroxylation is 1. The van der Waals surface area contributed by atoms with Crippen molar-refractivity contribution in [2.45, 2.75) is 13.1 Å². The number of carbonyl (C=O) groups is 1. The molecule has 0 aromatic heterocycles. The van der Waals surface area contributed by atoms with E-state index in [4.69, 9.17) is 0 Å². The molecule has 1 fully saturated rings. The maximum Gasteiger partial charge on any atom is 0.255 e. The molecule has 2 heterocycles. The number of piperazine rings is 1. The van der Waals surface area contributed by atoms with Gasteiger partial charge in [0.05, 0.1) is 11.3 Å². The van der Waals surface area contributed by atoms with Gasteiger partial charge in [-0.25, -0.2) is 0 Å². The second-order valence-electron chi connectivity index (χ2n) is 8.66. The highest BCUT2D eigenvalue weighted by atomic mass is 16.2. The summed E-state index contributed by atoms with van der Waals surface area (Å²) in [6.07, 6.45) is -0.150. The Labute approximate surface area is 190 Å². The summed E-state index contributed by atoms with van der Waals surface area (Å²) in [5, 5.41) is 3.24. The Bertz CT molecular complexity index is 1080. The molecule has 32 heavy (non-hydrogen) atoms. The first kappa shape index (κ1) is 20.6. The fourth-order valence-corrected chi connectivity index (χ4v) is 4.81. The van der Waals surface area contributed by atoms with Gasteiger partial charge in [0, 0.05) is 45.0 Å². The Morgan fingerprint density at radius 2 is 1.59 bits per heavy atom. The number of rotatable bonds is 5.